The first-order valence-electron chi connectivity index (χ1n) is 10.3. The molecule has 0 amide bonds. The van der Waals surface area contributed by atoms with Gasteiger partial charge in [-0.05, 0) is 43.2 Å². The molecule has 2 aromatic carbocycles. The normalized spacial score (nSPS) is 12.6. The smallest absolute Gasteiger partial charge is 0.416 e. The number of nitrogens with zero attached hydrogens (tertiary/aromatic N) is 1. The number of hydrogen-bond donors (Lipinski definition) is 0. The Morgan fingerprint density at radius 2 is 1.76 bits per heavy atom. The van der Waals surface area contributed by atoms with E-state index in [9.17, 15) is 27.2 Å². The van der Waals surface area contributed by atoms with Gasteiger partial charge in [-0.3, -0.25) is 14.2 Å². The van der Waals surface area contributed by atoms with Crippen molar-refractivity contribution in [1.82, 2.24) is 4.57 Å². The molecule has 0 fully saturated rings. The van der Waals surface area contributed by atoms with Gasteiger partial charge in [-0.15, -0.1) is 0 Å². The zero-order valence-corrected chi connectivity index (χ0v) is 18.5. The van der Waals surface area contributed by atoms with Gasteiger partial charge in [-0.2, -0.15) is 13.2 Å². The number of benzene rings is 2. The minimum Gasteiger partial charge on any atom is -0.494 e. The molecule has 0 N–H and O–H groups in total. The number of halogens is 4. The van der Waals surface area contributed by atoms with E-state index in [1.165, 1.54) is 20.1 Å². The summed E-state index contributed by atoms with van der Waals surface area (Å²) in [6.07, 6.45) is -3.64. The molecule has 0 aliphatic rings. The number of ether oxygens (including phenoxy) is 2. The molecule has 3 rings (SSSR count). The van der Waals surface area contributed by atoms with Gasteiger partial charge in [0, 0.05) is 23.4 Å². The summed E-state index contributed by atoms with van der Waals surface area (Å²) >= 11 is 0. The van der Waals surface area contributed by atoms with Crippen LogP contribution in [0.3, 0.4) is 0 Å². The molecular weight excluding hydrogens is 442 g/mol. The molecule has 1 atom stereocenters. The van der Waals surface area contributed by atoms with E-state index in [-0.39, 0.29) is 46.0 Å². The Labute approximate surface area is 187 Å². The van der Waals surface area contributed by atoms with E-state index in [0.717, 1.165) is 41.3 Å². The Bertz CT molecular complexity index is 1200. The summed E-state index contributed by atoms with van der Waals surface area (Å²) in [5, 5.41) is 0.267. The quantitative estimate of drug-likeness (QED) is 0.324. The van der Waals surface area contributed by atoms with Gasteiger partial charge in [0.05, 0.1) is 23.9 Å². The number of methoxy groups -OCH3 is 1. The van der Waals surface area contributed by atoms with Gasteiger partial charge < -0.3 is 9.47 Å². The lowest BCUT2D eigenvalue weighted by molar-refractivity contribution is -0.137. The summed E-state index contributed by atoms with van der Waals surface area (Å²) in [7, 11) is 1.27. The molecule has 1 aromatic heterocycles. The Morgan fingerprint density at radius 3 is 2.30 bits per heavy atom. The van der Waals surface area contributed by atoms with Crippen molar-refractivity contribution in [2.75, 3.05) is 7.11 Å². The molecule has 0 radical (unpaired) electrons. The summed E-state index contributed by atoms with van der Waals surface area (Å²) in [5.74, 6) is -1.93. The van der Waals surface area contributed by atoms with E-state index in [1.807, 2.05) is 13.8 Å². The first kappa shape index (κ1) is 24.3. The molecule has 0 saturated carbocycles. The molecule has 0 saturated heterocycles. The van der Waals surface area contributed by atoms with E-state index in [1.54, 1.807) is 0 Å². The predicted molar refractivity (Wildman–Crippen MR) is 114 cm³/mol. The topological polar surface area (TPSA) is 57.5 Å². The van der Waals surface area contributed by atoms with Crippen LogP contribution in [-0.4, -0.2) is 23.6 Å². The number of carbonyl (C=O) groups excluding carboxylic acids is 2. The third kappa shape index (κ3) is 4.86. The van der Waals surface area contributed by atoms with Gasteiger partial charge in [0.2, 0.25) is 0 Å². The second-order valence-electron chi connectivity index (χ2n) is 7.83. The average molecular weight is 465 g/mol. The monoisotopic (exact) mass is 465 g/mol. The van der Waals surface area contributed by atoms with Crippen molar-refractivity contribution in [1.29, 1.82) is 0 Å². The van der Waals surface area contributed by atoms with Crippen molar-refractivity contribution in [3.63, 3.8) is 0 Å². The SMILES string of the molecule is CCC(C)CC(=O)Oc1c(C)n(C(=O)c2ccc(C(F)(F)F)cc2)c2cc(F)c(OC)cc12. The summed E-state index contributed by atoms with van der Waals surface area (Å²) in [5.41, 5.74) is -0.637. The van der Waals surface area contributed by atoms with Crippen molar-refractivity contribution >= 4 is 22.8 Å². The van der Waals surface area contributed by atoms with Crippen LogP contribution in [-0.2, 0) is 11.0 Å². The zero-order valence-electron chi connectivity index (χ0n) is 18.5. The van der Waals surface area contributed by atoms with Crippen LogP contribution in [0, 0.1) is 18.7 Å². The molecule has 9 heteroatoms. The highest BCUT2D eigenvalue weighted by Gasteiger charge is 2.31. The molecule has 5 nitrogen and oxygen atoms in total. The van der Waals surface area contributed by atoms with Crippen LogP contribution in [0.25, 0.3) is 10.9 Å². The largest absolute Gasteiger partial charge is 0.494 e. The predicted octanol–water partition coefficient (Wildman–Crippen LogP) is 6.15. The standard InChI is InChI=1S/C24H23F4NO4/c1-5-13(2)10-21(30)33-22-14(3)29(19-12-18(25)20(32-4)11-17(19)22)23(31)15-6-8-16(9-7-15)24(26,27)28/h6-9,11-13H,5,10H2,1-4H3. The molecule has 1 heterocycles. The fourth-order valence-corrected chi connectivity index (χ4v) is 3.45. The van der Waals surface area contributed by atoms with E-state index < -0.39 is 29.4 Å². The Kier molecular flexibility index (Phi) is 6.81. The van der Waals surface area contributed by atoms with E-state index in [2.05, 4.69) is 0 Å². The first-order valence-corrected chi connectivity index (χ1v) is 10.3. The van der Waals surface area contributed by atoms with Crippen LogP contribution in [0.5, 0.6) is 11.5 Å². The molecule has 0 bridgehead atoms. The van der Waals surface area contributed by atoms with Gasteiger partial charge in [0.15, 0.2) is 17.3 Å². The molecular formula is C24H23F4NO4. The summed E-state index contributed by atoms with van der Waals surface area (Å²) < 4.78 is 64.8. The highest BCUT2D eigenvalue weighted by Crippen LogP contribution is 2.38. The maximum absolute atomic E-state index is 14.5. The third-order valence-electron chi connectivity index (χ3n) is 5.51. The minimum absolute atomic E-state index is 0.0447. The lowest BCUT2D eigenvalue weighted by Gasteiger charge is -2.10. The van der Waals surface area contributed by atoms with Crippen molar-refractivity contribution < 1.29 is 36.6 Å². The molecule has 1 unspecified atom stereocenters. The summed E-state index contributed by atoms with van der Waals surface area (Å²) in [6.45, 7) is 5.34. The number of carbonyl (C=O) groups is 2. The van der Waals surface area contributed by atoms with Crippen LogP contribution >= 0.6 is 0 Å². The number of esters is 1. The van der Waals surface area contributed by atoms with Crippen molar-refractivity contribution in [3.8, 4) is 11.5 Å². The van der Waals surface area contributed by atoms with Gasteiger partial charge in [0.1, 0.15) is 0 Å². The first-order chi connectivity index (χ1) is 15.5. The van der Waals surface area contributed by atoms with Crippen LogP contribution in [0.4, 0.5) is 17.6 Å². The third-order valence-corrected chi connectivity index (χ3v) is 5.51. The average Bonchev–Trinajstić information content (AvgIpc) is 3.02. The van der Waals surface area contributed by atoms with Crippen LogP contribution < -0.4 is 9.47 Å². The summed E-state index contributed by atoms with van der Waals surface area (Å²) in [4.78, 5) is 25.7. The fraction of sp³-hybridized carbons (Fsp3) is 0.333. The lowest BCUT2D eigenvalue weighted by Crippen LogP contribution is -2.15. The molecule has 0 aliphatic heterocycles. The zero-order chi connectivity index (χ0) is 24.5. The second-order valence-corrected chi connectivity index (χ2v) is 7.83. The van der Waals surface area contributed by atoms with Crippen LogP contribution in [0.15, 0.2) is 36.4 Å². The number of fused-ring (bicyclic) bond motifs is 1. The molecule has 0 spiro atoms. The van der Waals surface area contributed by atoms with Crippen molar-refractivity contribution in [2.45, 2.75) is 39.8 Å². The Balaban J connectivity index is 2.13. The number of rotatable bonds is 6. The maximum atomic E-state index is 14.5. The van der Waals surface area contributed by atoms with Gasteiger partial charge in [-0.25, -0.2) is 4.39 Å². The van der Waals surface area contributed by atoms with E-state index in [0.29, 0.717) is 0 Å². The molecule has 0 aliphatic carbocycles. The van der Waals surface area contributed by atoms with Gasteiger partial charge >= 0.3 is 12.1 Å². The molecule has 176 valence electrons. The second kappa shape index (κ2) is 9.25. The van der Waals surface area contributed by atoms with E-state index in [4.69, 9.17) is 9.47 Å². The Morgan fingerprint density at radius 1 is 1.12 bits per heavy atom. The highest BCUT2D eigenvalue weighted by molar-refractivity contribution is 6.05. The molecule has 33 heavy (non-hydrogen) atoms. The summed E-state index contributed by atoms with van der Waals surface area (Å²) in [6, 6.07) is 6.07. The number of alkyl halides is 3. The van der Waals surface area contributed by atoms with Gasteiger partial charge in [0.25, 0.3) is 5.91 Å². The van der Waals surface area contributed by atoms with E-state index >= 15 is 0 Å². The lowest BCUT2D eigenvalue weighted by atomic mass is 10.1. The van der Waals surface area contributed by atoms with Crippen molar-refractivity contribution in [2.24, 2.45) is 5.92 Å². The number of hydrogen-bond acceptors (Lipinski definition) is 4. The minimum atomic E-state index is -4.55. The van der Waals surface area contributed by atoms with Crippen LogP contribution in [0.1, 0.15) is 48.3 Å². The fourth-order valence-electron chi connectivity index (χ4n) is 3.45. The van der Waals surface area contributed by atoms with Crippen LogP contribution in [0.2, 0.25) is 0 Å². The van der Waals surface area contributed by atoms with Crippen molar-refractivity contribution in [3.05, 3.63) is 59.0 Å². The van der Waals surface area contributed by atoms with Gasteiger partial charge in [-0.1, -0.05) is 20.3 Å². The molecule has 3 aromatic rings. The maximum Gasteiger partial charge on any atom is 0.416 e. The number of aromatic nitrogens is 1. The highest BCUT2D eigenvalue weighted by atomic mass is 19.4. The Hall–Kier alpha value is -3.36.